The first-order valence-corrected chi connectivity index (χ1v) is 6.78. The van der Waals surface area contributed by atoms with Gasteiger partial charge in [0.25, 0.3) is 0 Å². The number of hydrogen-bond acceptors (Lipinski definition) is 5. The van der Waals surface area contributed by atoms with Gasteiger partial charge >= 0.3 is 5.69 Å². The van der Waals surface area contributed by atoms with Gasteiger partial charge in [-0.2, -0.15) is 9.65 Å². The minimum Gasteiger partial charge on any atom is -0.493 e. The van der Waals surface area contributed by atoms with Crippen molar-refractivity contribution in [3.8, 4) is 17.6 Å². The number of methoxy groups -OCH3 is 2. The van der Waals surface area contributed by atoms with Crippen LogP contribution in [0.15, 0.2) is 36.4 Å². The van der Waals surface area contributed by atoms with Crippen LogP contribution in [0.4, 0.5) is 10.1 Å². The Balaban J connectivity index is 2.49. The van der Waals surface area contributed by atoms with E-state index in [9.17, 15) is 19.8 Å². The maximum Gasteiger partial charge on any atom is 0.305 e. The maximum absolute atomic E-state index is 13.4. The fourth-order valence-electron chi connectivity index (χ4n) is 2.11. The van der Waals surface area contributed by atoms with Crippen molar-refractivity contribution in [1.82, 2.24) is 0 Å². The lowest BCUT2D eigenvalue weighted by Crippen LogP contribution is -1.93. The van der Waals surface area contributed by atoms with Crippen molar-refractivity contribution in [2.75, 3.05) is 14.2 Å². The molecule has 2 aromatic carbocycles. The highest BCUT2D eigenvalue weighted by molar-refractivity contribution is 5.90. The zero-order valence-electron chi connectivity index (χ0n) is 12.9. The van der Waals surface area contributed by atoms with Gasteiger partial charge in [-0.15, -0.1) is 0 Å². The van der Waals surface area contributed by atoms with Crippen molar-refractivity contribution in [3.63, 3.8) is 0 Å². The fraction of sp³-hybridized carbons (Fsp3) is 0.118. The lowest BCUT2D eigenvalue weighted by atomic mass is 10.0. The van der Waals surface area contributed by atoms with E-state index in [0.717, 1.165) is 12.1 Å². The molecular formula is C17H13FN2O4. The molecular weight excluding hydrogens is 315 g/mol. The molecule has 24 heavy (non-hydrogen) atoms. The van der Waals surface area contributed by atoms with Crippen molar-refractivity contribution >= 4 is 17.3 Å². The van der Waals surface area contributed by atoms with E-state index >= 15 is 0 Å². The van der Waals surface area contributed by atoms with Gasteiger partial charge in [0.1, 0.15) is 0 Å². The normalized spacial score (nSPS) is 10.8. The van der Waals surface area contributed by atoms with Crippen LogP contribution in [0, 0.1) is 27.3 Å². The predicted octanol–water partition coefficient (Wildman–Crippen LogP) is 3.82. The summed E-state index contributed by atoms with van der Waals surface area (Å²) in [6.07, 6.45) is 1.44. The molecule has 0 N–H and O–H groups in total. The number of benzene rings is 2. The molecule has 0 aliphatic heterocycles. The molecule has 0 spiro atoms. The summed E-state index contributed by atoms with van der Waals surface area (Å²) in [7, 11) is 2.97. The Morgan fingerprint density at radius 3 is 2.50 bits per heavy atom. The van der Waals surface area contributed by atoms with Crippen LogP contribution >= 0.6 is 0 Å². The van der Waals surface area contributed by atoms with E-state index in [0.29, 0.717) is 22.6 Å². The number of nitro benzene ring substituents is 1. The van der Waals surface area contributed by atoms with Gasteiger partial charge in [-0.3, -0.25) is 10.1 Å². The molecule has 7 heteroatoms. The first-order chi connectivity index (χ1) is 11.5. The molecule has 0 amide bonds. The first-order valence-electron chi connectivity index (χ1n) is 6.78. The highest BCUT2D eigenvalue weighted by Gasteiger charge is 2.14. The van der Waals surface area contributed by atoms with Crippen molar-refractivity contribution in [2.24, 2.45) is 0 Å². The Hall–Kier alpha value is -3.40. The average Bonchev–Trinajstić information content (AvgIpc) is 2.60. The monoisotopic (exact) mass is 328 g/mol. The van der Waals surface area contributed by atoms with Gasteiger partial charge in [-0.1, -0.05) is 6.07 Å². The molecule has 6 nitrogen and oxygen atoms in total. The summed E-state index contributed by atoms with van der Waals surface area (Å²) in [5.74, 6) is 0.0268. The topological polar surface area (TPSA) is 85.4 Å². The molecule has 0 aliphatic carbocycles. The average molecular weight is 328 g/mol. The fourth-order valence-corrected chi connectivity index (χ4v) is 2.11. The number of allylic oxidation sites excluding steroid dienone is 1. The van der Waals surface area contributed by atoms with Gasteiger partial charge in [-0.25, -0.2) is 0 Å². The Morgan fingerprint density at radius 2 is 1.92 bits per heavy atom. The summed E-state index contributed by atoms with van der Waals surface area (Å²) in [4.78, 5) is 9.99. The molecule has 0 heterocycles. The zero-order chi connectivity index (χ0) is 17.7. The third kappa shape index (κ3) is 3.50. The lowest BCUT2D eigenvalue weighted by Gasteiger charge is -2.09. The second-order valence-electron chi connectivity index (χ2n) is 4.71. The van der Waals surface area contributed by atoms with Crippen LogP contribution in [-0.2, 0) is 0 Å². The van der Waals surface area contributed by atoms with E-state index in [1.165, 1.54) is 26.4 Å². The number of nitro groups is 1. The summed E-state index contributed by atoms with van der Waals surface area (Å²) in [6, 6.07) is 10.4. The van der Waals surface area contributed by atoms with Crippen LogP contribution in [-0.4, -0.2) is 19.1 Å². The van der Waals surface area contributed by atoms with Crippen LogP contribution in [0.25, 0.3) is 11.6 Å². The zero-order valence-corrected chi connectivity index (χ0v) is 12.9. The van der Waals surface area contributed by atoms with Crippen LogP contribution in [0.5, 0.6) is 11.5 Å². The van der Waals surface area contributed by atoms with Gasteiger partial charge in [-0.05, 0) is 41.5 Å². The molecule has 0 aromatic heterocycles. The molecule has 0 fully saturated rings. The smallest absolute Gasteiger partial charge is 0.305 e. The second kappa shape index (κ2) is 7.24. The van der Waals surface area contributed by atoms with Gasteiger partial charge < -0.3 is 9.47 Å². The number of hydrogen-bond donors (Lipinski definition) is 0. The van der Waals surface area contributed by atoms with E-state index in [2.05, 4.69) is 0 Å². The van der Waals surface area contributed by atoms with Crippen LogP contribution in [0.3, 0.4) is 0 Å². The summed E-state index contributed by atoms with van der Waals surface area (Å²) in [5.41, 5.74) is 0.488. The van der Waals surface area contributed by atoms with E-state index in [1.54, 1.807) is 18.2 Å². The molecule has 122 valence electrons. The van der Waals surface area contributed by atoms with Gasteiger partial charge in [0.05, 0.1) is 30.8 Å². The summed E-state index contributed by atoms with van der Waals surface area (Å²) < 4.78 is 23.7. The molecule has 2 rings (SSSR count). The van der Waals surface area contributed by atoms with Gasteiger partial charge in [0.2, 0.25) is 5.82 Å². The Bertz CT molecular complexity index is 856. The number of halogens is 1. The van der Waals surface area contributed by atoms with Crippen molar-refractivity contribution in [1.29, 1.82) is 5.26 Å². The highest BCUT2D eigenvalue weighted by Crippen LogP contribution is 2.31. The molecule has 0 bridgehead atoms. The number of rotatable bonds is 5. The van der Waals surface area contributed by atoms with Crippen molar-refractivity contribution in [2.45, 2.75) is 0 Å². The summed E-state index contributed by atoms with van der Waals surface area (Å²) >= 11 is 0. The van der Waals surface area contributed by atoms with Crippen LogP contribution in [0.1, 0.15) is 11.1 Å². The van der Waals surface area contributed by atoms with Crippen LogP contribution in [0.2, 0.25) is 0 Å². The van der Waals surface area contributed by atoms with Gasteiger partial charge in [0.15, 0.2) is 11.5 Å². The molecule has 0 radical (unpaired) electrons. The molecule has 0 saturated heterocycles. The SMILES string of the molecule is COc1ccc(/C(C#N)=C/c2ccc(F)c([N+](=O)[O-])c2)cc1OC. The van der Waals surface area contributed by atoms with Gasteiger partial charge in [0, 0.05) is 6.07 Å². The molecule has 0 unspecified atom stereocenters. The molecule has 0 atom stereocenters. The lowest BCUT2D eigenvalue weighted by molar-refractivity contribution is -0.387. The maximum atomic E-state index is 13.4. The number of nitrogens with zero attached hydrogens (tertiary/aromatic N) is 2. The third-order valence-corrected chi connectivity index (χ3v) is 3.29. The van der Waals surface area contributed by atoms with Crippen molar-refractivity contribution in [3.05, 3.63) is 63.5 Å². The second-order valence-corrected chi connectivity index (χ2v) is 4.71. The standard InChI is InChI=1S/C17H13FN2O4/c1-23-16-6-4-12(9-17(16)24-2)13(10-19)7-11-3-5-14(18)15(8-11)20(21)22/h3-9H,1-2H3/b13-7+. The van der Waals surface area contributed by atoms with Crippen LogP contribution < -0.4 is 9.47 Å². The Kier molecular flexibility index (Phi) is 5.12. The number of nitriles is 1. The van der Waals surface area contributed by atoms with E-state index in [1.807, 2.05) is 6.07 Å². The third-order valence-electron chi connectivity index (χ3n) is 3.29. The minimum absolute atomic E-state index is 0.247. The minimum atomic E-state index is -0.929. The Labute approximate surface area is 137 Å². The van der Waals surface area contributed by atoms with E-state index in [4.69, 9.17) is 9.47 Å². The summed E-state index contributed by atoms with van der Waals surface area (Å²) in [6.45, 7) is 0. The molecule has 2 aromatic rings. The quantitative estimate of drug-likeness (QED) is 0.360. The first kappa shape index (κ1) is 17.0. The van der Waals surface area contributed by atoms with E-state index < -0.39 is 16.4 Å². The highest BCUT2D eigenvalue weighted by atomic mass is 19.1. The predicted molar refractivity (Wildman–Crippen MR) is 86.1 cm³/mol. The molecule has 0 saturated carbocycles. The summed E-state index contributed by atoms with van der Waals surface area (Å²) in [5, 5.41) is 20.2. The number of ether oxygens (including phenoxy) is 2. The van der Waals surface area contributed by atoms with E-state index in [-0.39, 0.29) is 5.57 Å². The largest absolute Gasteiger partial charge is 0.493 e. The molecule has 0 aliphatic rings. The Morgan fingerprint density at radius 1 is 1.21 bits per heavy atom. The van der Waals surface area contributed by atoms with Crippen molar-refractivity contribution < 1.29 is 18.8 Å².